The van der Waals surface area contributed by atoms with Gasteiger partial charge in [-0.3, -0.25) is 0 Å². The fourth-order valence-corrected chi connectivity index (χ4v) is 2.63. The van der Waals surface area contributed by atoms with E-state index in [1.165, 1.54) is 12.8 Å². The fourth-order valence-electron chi connectivity index (χ4n) is 2.63. The molecule has 0 aromatic rings. The second kappa shape index (κ2) is 4.84. The molecule has 4 nitrogen and oxygen atoms in total. The monoisotopic (exact) mass is 239 g/mol. The zero-order chi connectivity index (χ0) is 12.5. The fraction of sp³-hybridized carbons (Fsp3) is 0.923. The van der Waals surface area contributed by atoms with Crippen molar-refractivity contribution >= 4 is 6.03 Å². The van der Waals surface area contributed by atoms with Crippen LogP contribution >= 0.6 is 0 Å². The van der Waals surface area contributed by atoms with Gasteiger partial charge in [-0.25, -0.2) is 4.79 Å². The largest absolute Gasteiger partial charge is 0.325 e. The first-order chi connectivity index (χ1) is 8.03. The van der Waals surface area contributed by atoms with Gasteiger partial charge in [0.1, 0.15) is 0 Å². The maximum absolute atomic E-state index is 12.2. The standard InChI is InChI=1S/C13H25N3O/c1-11(2)13(14)9-16(10-13)12(17)15-7-5-3-4-6-8-15/h11H,3-10,14H2,1-2H3. The summed E-state index contributed by atoms with van der Waals surface area (Å²) in [5.74, 6) is 0.440. The number of carbonyl (C=O) groups excluding carboxylic acids is 1. The Hall–Kier alpha value is -0.770. The third kappa shape index (κ3) is 2.57. The van der Waals surface area contributed by atoms with Crippen molar-refractivity contribution in [2.75, 3.05) is 26.2 Å². The molecule has 0 radical (unpaired) electrons. The van der Waals surface area contributed by atoms with Gasteiger partial charge in [0.2, 0.25) is 0 Å². The average Bonchev–Trinajstić information content (AvgIpc) is 2.51. The Morgan fingerprint density at radius 2 is 1.59 bits per heavy atom. The summed E-state index contributed by atoms with van der Waals surface area (Å²) in [6.07, 6.45) is 4.82. The maximum atomic E-state index is 12.2. The number of amides is 2. The van der Waals surface area contributed by atoms with Crippen molar-refractivity contribution < 1.29 is 4.79 Å². The van der Waals surface area contributed by atoms with Gasteiger partial charge >= 0.3 is 6.03 Å². The number of hydrogen-bond acceptors (Lipinski definition) is 2. The van der Waals surface area contributed by atoms with E-state index in [0.29, 0.717) is 5.92 Å². The van der Waals surface area contributed by atoms with Crippen LogP contribution in [0.15, 0.2) is 0 Å². The van der Waals surface area contributed by atoms with Gasteiger partial charge in [-0.15, -0.1) is 0 Å². The van der Waals surface area contributed by atoms with Crippen LogP contribution in [-0.4, -0.2) is 47.5 Å². The van der Waals surface area contributed by atoms with E-state index in [1.54, 1.807) is 0 Å². The van der Waals surface area contributed by atoms with Gasteiger partial charge in [0.05, 0.1) is 5.54 Å². The molecule has 2 fully saturated rings. The predicted molar refractivity (Wildman–Crippen MR) is 68.8 cm³/mol. The number of likely N-dealkylation sites (tertiary alicyclic amines) is 2. The summed E-state index contributed by atoms with van der Waals surface area (Å²) in [6.45, 7) is 7.56. The molecule has 0 aliphatic carbocycles. The van der Waals surface area contributed by atoms with Crippen LogP contribution in [-0.2, 0) is 0 Å². The predicted octanol–water partition coefficient (Wildman–Crippen LogP) is 1.65. The van der Waals surface area contributed by atoms with E-state index in [4.69, 9.17) is 5.73 Å². The molecule has 0 aromatic heterocycles. The van der Waals surface area contributed by atoms with Crippen LogP contribution in [0.2, 0.25) is 0 Å². The number of carbonyl (C=O) groups is 1. The summed E-state index contributed by atoms with van der Waals surface area (Å²) in [5, 5.41) is 0. The first-order valence-electron chi connectivity index (χ1n) is 6.86. The van der Waals surface area contributed by atoms with E-state index < -0.39 is 0 Å². The van der Waals surface area contributed by atoms with E-state index >= 15 is 0 Å². The Balaban J connectivity index is 1.86. The average molecular weight is 239 g/mol. The Labute approximate surface area is 104 Å². The molecule has 0 spiro atoms. The van der Waals surface area contributed by atoms with E-state index in [2.05, 4.69) is 13.8 Å². The first-order valence-corrected chi connectivity index (χ1v) is 6.86. The molecule has 0 aromatic carbocycles. The van der Waals surface area contributed by atoms with E-state index in [9.17, 15) is 4.79 Å². The minimum atomic E-state index is -0.151. The second-order valence-corrected chi connectivity index (χ2v) is 5.93. The van der Waals surface area contributed by atoms with Crippen molar-refractivity contribution in [2.45, 2.75) is 45.1 Å². The molecule has 2 saturated heterocycles. The molecule has 2 amide bonds. The highest BCUT2D eigenvalue weighted by Gasteiger charge is 2.45. The summed E-state index contributed by atoms with van der Waals surface area (Å²) < 4.78 is 0. The lowest BCUT2D eigenvalue weighted by atomic mass is 9.80. The van der Waals surface area contributed by atoms with Crippen LogP contribution < -0.4 is 5.73 Å². The van der Waals surface area contributed by atoms with Crippen LogP contribution in [0, 0.1) is 5.92 Å². The van der Waals surface area contributed by atoms with E-state index in [1.807, 2.05) is 9.80 Å². The number of nitrogens with zero attached hydrogens (tertiary/aromatic N) is 2. The van der Waals surface area contributed by atoms with Crippen molar-refractivity contribution in [3.8, 4) is 0 Å². The van der Waals surface area contributed by atoms with Gasteiger partial charge < -0.3 is 15.5 Å². The third-order valence-corrected chi connectivity index (χ3v) is 4.27. The Morgan fingerprint density at radius 3 is 2.06 bits per heavy atom. The molecule has 2 rings (SSSR count). The lowest BCUT2D eigenvalue weighted by Gasteiger charge is -2.51. The Kier molecular flexibility index (Phi) is 3.61. The number of urea groups is 1. The number of nitrogens with two attached hydrogens (primary N) is 1. The highest BCUT2D eigenvalue weighted by Crippen LogP contribution is 2.27. The summed E-state index contributed by atoms with van der Waals surface area (Å²) >= 11 is 0. The highest BCUT2D eigenvalue weighted by molar-refractivity contribution is 5.76. The maximum Gasteiger partial charge on any atom is 0.320 e. The Bertz CT molecular complexity index is 276. The minimum absolute atomic E-state index is 0.151. The van der Waals surface area contributed by atoms with Crippen molar-refractivity contribution in [1.29, 1.82) is 0 Å². The molecule has 2 aliphatic rings. The summed E-state index contributed by atoms with van der Waals surface area (Å²) in [4.78, 5) is 16.2. The zero-order valence-corrected chi connectivity index (χ0v) is 11.1. The van der Waals surface area contributed by atoms with Gasteiger partial charge in [0.25, 0.3) is 0 Å². The molecule has 0 atom stereocenters. The molecular weight excluding hydrogens is 214 g/mol. The molecule has 4 heteroatoms. The van der Waals surface area contributed by atoms with Gasteiger partial charge in [-0.1, -0.05) is 26.7 Å². The van der Waals surface area contributed by atoms with Crippen LogP contribution in [0.4, 0.5) is 4.79 Å². The number of hydrogen-bond donors (Lipinski definition) is 1. The second-order valence-electron chi connectivity index (χ2n) is 5.93. The van der Waals surface area contributed by atoms with Crippen molar-refractivity contribution in [3.63, 3.8) is 0 Å². The van der Waals surface area contributed by atoms with Crippen molar-refractivity contribution in [1.82, 2.24) is 9.80 Å². The minimum Gasteiger partial charge on any atom is -0.325 e. The Morgan fingerprint density at radius 1 is 1.06 bits per heavy atom. The first kappa shape index (κ1) is 12.7. The molecule has 0 bridgehead atoms. The molecular formula is C13H25N3O. The highest BCUT2D eigenvalue weighted by atomic mass is 16.2. The summed E-state index contributed by atoms with van der Waals surface area (Å²) in [6, 6.07) is 0.202. The van der Waals surface area contributed by atoms with Crippen LogP contribution in [0.25, 0.3) is 0 Å². The van der Waals surface area contributed by atoms with Crippen LogP contribution in [0.3, 0.4) is 0 Å². The van der Waals surface area contributed by atoms with Gasteiger partial charge in [-0.05, 0) is 18.8 Å². The zero-order valence-electron chi connectivity index (χ0n) is 11.1. The molecule has 17 heavy (non-hydrogen) atoms. The van der Waals surface area contributed by atoms with Crippen molar-refractivity contribution in [2.24, 2.45) is 11.7 Å². The van der Waals surface area contributed by atoms with Crippen LogP contribution in [0.1, 0.15) is 39.5 Å². The molecule has 2 N–H and O–H groups in total. The lowest BCUT2D eigenvalue weighted by molar-refractivity contribution is 0.0475. The smallest absolute Gasteiger partial charge is 0.320 e. The number of rotatable bonds is 1. The molecule has 2 aliphatic heterocycles. The van der Waals surface area contributed by atoms with Crippen LogP contribution in [0.5, 0.6) is 0 Å². The third-order valence-electron chi connectivity index (χ3n) is 4.27. The van der Waals surface area contributed by atoms with Gasteiger partial charge in [-0.2, -0.15) is 0 Å². The van der Waals surface area contributed by atoms with Gasteiger partial charge in [0, 0.05) is 26.2 Å². The molecule has 0 saturated carbocycles. The molecule has 98 valence electrons. The molecule has 2 heterocycles. The normalized spacial score (nSPS) is 24.5. The quantitative estimate of drug-likeness (QED) is 0.756. The summed E-state index contributed by atoms with van der Waals surface area (Å²) in [5.41, 5.74) is 6.07. The lowest BCUT2D eigenvalue weighted by Crippen LogP contribution is -2.72. The molecule has 0 unspecified atom stereocenters. The SMILES string of the molecule is CC(C)C1(N)CN(C(=O)N2CCCCCC2)C1. The summed E-state index contributed by atoms with van der Waals surface area (Å²) in [7, 11) is 0. The van der Waals surface area contributed by atoms with E-state index in [0.717, 1.165) is 39.0 Å². The van der Waals surface area contributed by atoms with Crippen molar-refractivity contribution in [3.05, 3.63) is 0 Å². The van der Waals surface area contributed by atoms with Gasteiger partial charge in [0.15, 0.2) is 0 Å². The topological polar surface area (TPSA) is 49.6 Å². The van der Waals surface area contributed by atoms with E-state index in [-0.39, 0.29) is 11.6 Å².